The van der Waals surface area contributed by atoms with Crippen LogP contribution in [0.4, 0.5) is 0 Å². The monoisotopic (exact) mass is 265 g/mol. The fourth-order valence-corrected chi connectivity index (χ4v) is 4.09. The molecule has 19 heavy (non-hydrogen) atoms. The summed E-state index contributed by atoms with van der Waals surface area (Å²) in [6.45, 7) is 2.16. The molecule has 2 saturated heterocycles. The Morgan fingerprint density at radius 2 is 2.05 bits per heavy atom. The topological polar surface area (TPSA) is 53.2 Å². The molecule has 3 aliphatic rings. The number of amides is 1. The van der Waals surface area contributed by atoms with Crippen molar-refractivity contribution in [3.8, 4) is 0 Å². The van der Waals surface area contributed by atoms with Gasteiger partial charge in [-0.2, -0.15) is 0 Å². The van der Waals surface area contributed by atoms with Crippen LogP contribution in [0.15, 0.2) is 0 Å². The van der Waals surface area contributed by atoms with Gasteiger partial charge in [0.2, 0.25) is 5.91 Å². The fraction of sp³-hybridized carbons (Fsp3) is 0.933. The Bertz CT molecular complexity index is 315. The van der Waals surface area contributed by atoms with E-state index in [1.165, 1.54) is 45.1 Å². The number of carbonyl (C=O) groups excluding carboxylic acids is 1. The van der Waals surface area contributed by atoms with Gasteiger partial charge < -0.3 is 16.0 Å². The molecule has 1 amide bonds. The van der Waals surface area contributed by atoms with Crippen LogP contribution < -0.4 is 16.0 Å². The molecule has 4 unspecified atom stereocenters. The van der Waals surface area contributed by atoms with Gasteiger partial charge in [-0.1, -0.05) is 12.8 Å². The average molecular weight is 265 g/mol. The summed E-state index contributed by atoms with van der Waals surface area (Å²) in [4.78, 5) is 11.2. The van der Waals surface area contributed by atoms with E-state index < -0.39 is 0 Å². The lowest BCUT2D eigenvalue weighted by Gasteiger charge is -2.33. The molecule has 2 aliphatic heterocycles. The van der Waals surface area contributed by atoms with Crippen LogP contribution in [0.5, 0.6) is 0 Å². The first-order valence-electron chi connectivity index (χ1n) is 8.09. The largest absolute Gasteiger partial charge is 0.352 e. The van der Waals surface area contributed by atoms with E-state index in [2.05, 4.69) is 16.0 Å². The Balaban J connectivity index is 1.47. The summed E-state index contributed by atoms with van der Waals surface area (Å²) < 4.78 is 0. The highest BCUT2D eigenvalue weighted by atomic mass is 16.1. The van der Waals surface area contributed by atoms with Gasteiger partial charge in [0.1, 0.15) is 0 Å². The summed E-state index contributed by atoms with van der Waals surface area (Å²) in [5.41, 5.74) is 0. The molecule has 4 heteroatoms. The van der Waals surface area contributed by atoms with Crippen LogP contribution in [0, 0.1) is 5.92 Å². The van der Waals surface area contributed by atoms with Crippen molar-refractivity contribution in [1.29, 1.82) is 0 Å². The third kappa shape index (κ3) is 3.29. The molecule has 0 aromatic heterocycles. The molecule has 108 valence electrons. The zero-order valence-corrected chi connectivity index (χ0v) is 11.8. The molecule has 4 atom stereocenters. The van der Waals surface area contributed by atoms with Gasteiger partial charge in [-0.25, -0.2) is 0 Å². The summed E-state index contributed by atoms with van der Waals surface area (Å²) in [6.07, 6.45) is 9.83. The minimum absolute atomic E-state index is 0.226. The highest BCUT2D eigenvalue weighted by Gasteiger charge is 2.34. The van der Waals surface area contributed by atoms with Crippen molar-refractivity contribution < 1.29 is 4.79 Å². The van der Waals surface area contributed by atoms with E-state index in [0.29, 0.717) is 18.5 Å². The maximum atomic E-state index is 11.2. The van der Waals surface area contributed by atoms with Crippen molar-refractivity contribution in [2.24, 2.45) is 5.92 Å². The van der Waals surface area contributed by atoms with Gasteiger partial charge in [0.15, 0.2) is 0 Å². The third-order valence-electron chi connectivity index (χ3n) is 5.15. The van der Waals surface area contributed by atoms with Crippen LogP contribution in [0.25, 0.3) is 0 Å². The van der Waals surface area contributed by atoms with Crippen LogP contribution >= 0.6 is 0 Å². The van der Waals surface area contributed by atoms with E-state index in [0.717, 1.165) is 24.9 Å². The molecular formula is C15H27N3O. The molecule has 0 aromatic rings. The van der Waals surface area contributed by atoms with Gasteiger partial charge in [0.05, 0.1) is 0 Å². The SMILES string of the molecule is O=C1CCC(CNC2CCCC2C2CCCCN2)N1. The van der Waals surface area contributed by atoms with Gasteiger partial charge in [-0.3, -0.25) is 4.79 Å². The number of nitrogens with one attached hydrogen (secondary N) is 3. The van der Waals surface area contributed by atoms with E-state index in [9.17, 15) is 4.79 Å². The first-order chi connectivity index (χ1) is 9.33. The Morgan fingerprint density at radius 1 is 1.11 bits per heavy atom. The van der Waals surface area contributed by atoms with E-state index in [-0.39, 0.29) is 5.91 Å². The predicted molar refractivity (Wildman–Crippen MR) is 75.9 cm³/mol. The summed E-state index contributed by atoms with van der Waals surface area (Å²) in [7, 11) is 0. The molecular weight excluding hydrogens is 238 g/mol. The molecule has 1 saturated carbocycles. The summed E-state index contributed by atoms with van der Waals surface area (Å²) in [5, 5.41) is 10.5. The van der Waals surface area contributed by atoms with Crippen molar-refractivity contribution in [1.82, 2.24) is 16.0 Å². The number of hydrogen-bond donors (Lipinski definition) is 3. The molecule has 0 bridgehead atoms. The standard InChI is InChI=1S/C15H27N3O/c19-15-8-7-11(18-15)10-17-14-6-3-4-12(14)13-5-1-2-9-16-13/h11-14,16-17H,1-10H2,(H,18,19). The third-order valence-corrected chi connectivity index (χ3v) is 5.15. The van der Waals surface area contributed by atoms with Crippen molar-refractivity contribution >= 4 is 5.91 Å². The first-order valence-corrected chi connectivity index (χ1v) is 8.09. The Kier molecular flexibility index (Phi) is 4.38. The van der Waals surface area contributed by atoms with Crippen molar-refractivity contribution in [2.75, 3.05) is 13.1 Å². The second kappa shape index (κ2) is 6.23. The van der Waals surface area contributed by atoms with Gasteiger partial charge >= 0.3 is 0 Å². The van der Waals surface area contributed by atoms with Crippen molar-refractivity contribution in [3.63, 3.8) is 0 Å². The summed E-state index contributed by atoms with van der Waals surface area (Å²) in [6, 6.07) is 1.76. The zero-order valence-electron chi connectivity index (χ0n) is 11.8. The normalized spacial score (nSPS) is 39.5. The quantitative estimate of drug-likeness (QED) is 0.715. The predicted octanol–water partition coefficient (Wildman–Crippen LogP) is 1.17. The highest BCUT2D eigenvalue weighted by Crippen LogP contribution is 2.31. The van der Waals surface area contributed by atoms with Crippen LogP contribution in [0.1, 0.15) is 51.4 Å². The average Bonchev–Trinajstić information content (AvgIpc) is 3.06. The molecule has 0 spiro atoms. The molecule has 3 fully saturated rings. The minimum atomic E-state index is 0.226. The van der Waals surface area contributed by atoms with Crippen LogP contribution in [0.2, 0.25) is 0 Å². The number of rotatable bonds is 4. The molecule has 3 rings (SSSR count). The number of carbonyl (C=O) groups is 1. The molecule has 1 aliphatic carbocycles. The first kappa shape index (κ1) is 13.4. The maximum absolute atomic E-state index is 11.2. The van der Waals surface area contributed by atoms with Gasteiger partial charge in [-0.15, -0.1) is 0 Å². The lowest BCUT2D eigenvalue weighted by Crippen LogP contribution is -2.49. The fourth-order valence-electron chi connectivity index (χ4n) is 4.09. The van der Waals surface area contributed by atoms with Crippen molar-refractivity contribution in [2.45, 2.75) is 69.5 Å². The molecule has 3 N–H and O–H groups in total. The number of piperidine rings is 1. The minimum Gasteiger partial charge on any atom is -0.352 e. The second-order valence-corrected chi connectivity index (χ2v) is 6.47. The van der Waals surface area contributed by atoms with Crippen LogP contribution in [0.3, 0.4) is 0 Å². The van der Waals surface area contributed by atoms with E-state index in [1.54, 1.807) is 0 Å². The van der Waals surface area contributed by atoms with E-state index in [1.807, 2.05) is 0 Å². The molecule has 0 aromatic carbocycles. The van der Waals surface area contributed by atoms with E-state index >= 15 is 0 Å². The van der Waals surface area contributed by atoms with Crippen LogP contribution in [-0.4, -0.2) is 37.1 Å². The molecule has 0 radical (unpaired) electrons. The molecule has 4 nitrogen and oxygen atoms in total. The second-order valence-electron chi connectivity index (χ2n) is 6.47. The Morgan fingerprint density at radius 3 is 2.79 bits per heavy atom. The lowest BCUT2D eigenvalue weighted by atomic mass is 9.88. The lowest BCUT2D eigenvalue weighted by molar-refractivity contribution is -0.119. The number of hydrogen-bond acceptors (Lipinski definition) is 3. The van der Waals surface area contributed by atoms with Crippen LogP contribution in [-0.2, 0) is 4.79 Å². The van der Waals surface area contributed by atoms with Gasteiger partial charge in [-0.05, 0) is 44.6 Å². The Hall–Kier alpha value is -0.610. The zero-order chi connectivity index (χ0) is 13.1. The van der Waals surface area contributed by atoms with Gasteiger partial charge in [0, 0.05) is 31.1 Å². The van der Waals surface area contributed by atoms with Crippen molar-refractivity contribution in [3.05, 3.63) is 0 Å². The van der Waals surface area contributed by atoms with Gasteiger partial charge in [0.25, 0.3) is 0 Å². The van der Waals surface area contributed by atoms with E-state index in [4.69, 9.17) is 0 Å². The smallest absolute Gasteiger partial charge is 0.220 e. The molecule has 2 heterocycles. The summed E-state index contributed by atoms with van der Waals surface area (Å²) >= 11 is 0. The highest BCUT2D eigenvalue weighted by molar-refractivity contribution is 5.78. The Labute approximate surface area is 116 Å². The maximum Gasteiger partial charge on any atom is 0.220 e. The summed E-state index contributed by atoms with van der Waals surface area (Å²) in [5.74, 6) is 1.03.